The molecule has 1 aromatic rings. The van der Waals surface area contributed by atoms with Crippen LogP contribution in [-0.2, 0) is 11.2 Å². The highest BCUT2D eigenvalue weighted by atomic mass is 16.5. The molecule has 1 heterocycles. The summed E-state index contributed by atoms with van der Waals surface area (Å²) in [6, 6.07) is 5.82. The van der Waals surface area contributed by atoms with E-state index in [-0.39, 0.29) is 5.92 Å². The van der Waals surface area contributed by atoms with E-state index in [2.05, 4.69) is 6.92 Å². The second-order valence-corrected chi connectivity index (χ2v) is 4.59. The topological polar surface area (TPSA) is 55.8 Å². The highest BCUT2D eigenvalue weighted by Gasteiger charge is 2.18. The molecule has 102 valence electrons. The van der Waals surface area contributed by atoms with E-state index >= 15 is 0 Å². The predicted octanol–water partition coefficient (Wildman–Crippen LogP) is 2.67. The Morgan fingerprint density at radius 2 is 2.42 bits per heavy atom. The van der Waals surface area contributed by atoms with Crippen molar-refractivity contribution in [2.24, 2.45) is 5.92 Å². The van der Waals surface area contributed by atoms with Gasteiger partial charge in [-0.15, -0.1) is 0 Å². The van der Waals surface area contributed by atoms with Crippen LogP contribution in [-0.4, -0.2) is 24.3 Å². The molecule has 0 unspecified atom stereocenters. The van der Waals surface area contributed by atoms with Crippen LogP contribution in [0.3, 0.4) is 0 Å². The van der Waals surface area contributed by atoms with Crippen molar-refractivity contribution in [3.05, 3.63) is 35.9 Å². The summed E-state index contributed by atoms with van der Waals surface area (Å²) < 4.78 is 11.2. The lowest BCUT2D eigenvalue weighted by Crippen LogP contribution is -2.19. The Balaban J connectivity index is 2.03. The van der Waals surface area contributed by atoms with E-state index in [4.69, 9.17) is 14.6 Å². The van der Waals surface area contributed by atoms with Gasteiger partial charge in [-0.3, -0.25) is 0 Å². The Morgan fingerprint density at radius 1 is 1.58 bits per heavy atom. The summed E-state index contributed by atoms with van der Waals surface area (Å²) in [7, 11) is 0. The van der Waals surface area contributed by atoms with Crippen LogP contribution in [0, 0.1) is 5.92 Å². The summed E-state index contributed by atoms with van der Waals surface area (Å²) in [6.45, 7) is 3.27. The van der Waals surface area contributed by atoms with Gasteiger partial charge in [-0.1, -0.05) is 19.1 Å². The SMILES string of the molecule is CCCOc1ccc2c(c1)OC[C@H](/C=C/C(=O)O)C2. The third kappa shape index (κ3) is 3.74. The minimum absolute atomic E-state index is 0.117. The number of fused-ring (bicyclic) bond motifs is 1. The van der Waals surface area contributed by atoms with Gasteiger partial charge < -0.3 is 14.6 Å². The summed E-state index contributed by atoms with van der Waals surface area (Å²) >= 11 is 0. The molecule has 4 heteroatoms. The van der Waals surface area contributed by atoms with Crippen molar-refractivity contribution >= 4 is 5.97 Å². The molecule has 0 aromatic heterocycles. The molecular weight excluding hydrogens is 244 g/mol. The minimum Gasteiger partial charge on any atom is -0.493 e. The first-order valence-electron chi connectivity index (χ1n) is 6.48. The maximum atomic E-state index is 10.5. The van der Waals surface area contributed by atoms with E-state index in [1.165, 1.54) is 6.08 Å². The zero-order valence-electron chi connectivity index (χ0n) is 11.0. The van der Waals surface area contributed by atoms with E-state index in [0.717, 1.165) is 29.9 Å². The second kappa shape index (κ2) is 6.27. The highest BCUT2D eigenvalue weighted by Crippen LogP contribution is 2.31. The normalized spacial score (nSPS) is 17.8. The molecule has 0 fully saturated rings. The van der Waals surface area contributed by atoms with Crippen LogP contribution in [0.2, 0.25) is 0 Å². The Kier molecular flexibility index (Phi) is 4.44. The van der Waals surface area contributed by atoms with E-state index in [1.807, 2.05) is 18.2 Å². The fraction of sp³-hybridized carbons (Fsp3) is 0.400. The molecule has 0 saturated heterocycles. The summed E-state index contributed by atoms with van der Waals surface area (Å²) in [6.07, 6.45) is 4.64. The van der Waals surface area contributed by atoms with Gasteiger partial charge in [0.15, 0.2) is 0 Å². The van der Waals surface area contributed by atoms with Gasteiger partial charge in [0.1, 0.15) is 11.5 Å². The van der Waals surface area contributed by atoms with Crippen molar-refractivity contribution in [2.45, 2.75) is 19.8 Å². The van der Waals surface area contributed by atoms with Crippen molar-refractivity contribution in [1.29, 1.82) is 0 Å². The third-order valence-electron chi connectivity index (χ3n) is 2.96. The van der Waals surface area contributed by atoms with Crippen LogP contribution in [0.4, 0.5) is 0 Å². The molecule has 1 N–H and O–H groups in total. The quantitative estimate of drug-likeness (QED) is 0.829. The Labute approximate surface area is 112 Å². The van der Waals surface area contributed by atoms with Gasteiger partial charge in [0.25, 0.3) is 0 Å². The Hall–Kier alpha value is -1.97. The van der Waals surface area contributed by atoms with E-state index < -0.39 is 5.97 Å². The number of carbonyl (C=O) groups is 1. The van der Waals surface area contributed by atoms with Crippen LogP contribution < -0.4 is 9.47 Å². The summed E-state index contributed by atoms with van der Waals surface area (Å²) in [5, 5.41) is 8.61. The van der Waals surface area contributed by atoms with Gasteiger partial charge in [0.2, 0.25) is 0 Å². The lowest BCUT2D eigenvalue weighted by Gasteiger charge is -2.23. The fourth-order valence-corrected chi connectivity index (χ4v) is 2.03. The summed E-state index contributed by atoms with van der Waals surface area (Å²) in [4.78, 5) is 10.5. The summed E-state index contributed by atoms with van der Waals surface area (Å²) in [5.41, 5.74) is 1.09. The molecule has 1 aliphatic rings. The van der Waals surface area contributed by atoms with Gasteiger partial charge in [0.05, 0.1) is 13.2 Å². The van der Waals surface area contributed by atoms with E-state index in [0.29, 0.717) is 13.2 Å². The van der Waals surface area contributed by atoms with Crippen LogP contribution in [0.1, 0.15) is 18.9 Å². The molecule has 0 amide bonds. The van der Waals surface area contributed by atoms with Crippen LogP contribution in [0.5, 0.6) is 11.5 Å². The van der Waals surface area contributed by atoms with Gasteiger partial charge in [-0.05, 0) is 24.5 Å². The van der Waals surface area contributed by atoms with Crippen LogP contribution in [0.25, 0.3) is 0 Å². The molecular formula is C15H18O4. The smallest absolute Gasteiger partial charge is 0.327 e. The third-order valence-corrected chi connectivity index (χ3v) is 2.96. The van der Waals surface area contributed by atoms with E-state index in [1.54, 1.807) is 6.08 Å². The van der Waals surface area contributed by atoms with E-state index in [9.17, 15) is 4.79 Å². The standard InChI is InChI=1S/C15H18O4/c1-2-7-18-13-5-4-12-8-11(3-6-15(16)17)10-19-14(12)9-13/h3-6,9,11H,2,7-8,10H2,1H3,(H,16,17)/b6-3+/t11-/m1/s1. The van der Waals surface area contributed by atoms with Gasteiger partial charge in [-0.25, -0.2) is 4.79 Å². The molecule has 1 aromatic carbocycles. The first-order chi connectivity index (χ1) is 9.19. The highest BCUT2D eigenvalue weighted by molar-refractivity contribution is 5.79. The minimum atomic E-state index is -0.922. The average Bonchev–Trinajstić information content (AvgIpc) is 2.42. The first-order valence-corrected chi connectivity index (χ1v) is 6.48. The second-order valence-electron chi connectivity index (χ2n) is 4.59. The van der Waals surface area contributed by atoms with Crippen molar-refractivity contribution in [3.63, 3.8) is 0 Å². The van der Waals surface area contributed by atoms with Crippen molar-refractivity contribution < 1.29 is 19.4 Å². The number of hydrogen-bond acceptors (Lipinski definition) is 3. The molecule has 1 aliphatic heterocycles. The molecule has 0 spiro atoms. The molecule has 0 saturated carbocycles. The van der Waals surface area contributed by atoms with Crippen LogP contribution in [0.15, 0.2) is 30.4 Å². The molecule has 19 heavy (non-hydrogen) atoms. The van der Waals surface area contributed by atoms with Gasteiger partial charge in [0, 0.05) is 18.1 Å². The maximum absolute atomic E-state index is 10.5. The molecule has 4 nitrogen and oxygen atoms in total. The number of benzene rings is 1. The fourth-order valence-electron chi connectivity index (χ4n) is 2.03. The number of ether oxygens (including phenoxy) is 2. The van der Waals surface area contributed by atoms with Crippen molar-refractivity contribution in [1.82, 2.24) is 0 Å². The number of aliphatic carboxylic acids is 1. The number of rotatable bonds is 5. The predicted molar refractivity (Wildman–Crippen MR) is 71.7 cm³/mol. The molecule has 0 radical (unpaired) electrons. The van der Waals surface area contributed by atoms with Crippen LogP contribution >= 0.6 is 0 Å². The lowest BCUT2D eigenvalue weighted by molar-refractivity contribution is -0.131. The molecule has 0 aliphatic carbocycles. The monoisotopic (exact) mass is 262 g/mol. The molecule has 2 rings (SSSR count). The number of carboxylic acids is 1. The Bertz CT molecular complexity index is 479. The number of carboxylic acid groups (broad SMARTS) is 1. The average molecular weight is 262 g/mol. The Morgan fingerprint density at radius 3 is 3.16 bits per heavy atom. The van der Waals surface area contributed by atoms with Gasteiger partial charge in [-0.2, -0.15) is 0 Å². The van der Waals surface area contributed by atoms with Crippen molar-refractivity contribution in [2.75, 3.05) is 13.2 Å². The zero-order valence-corrected chi connectivity index (χ0v) is 11.0. The first kappa shape index (κ1) is 13.5. The largest absolute Gasteiger partial charge is 0.493 e. The van der Waals surface area contributed by atoms with Gasteiger partial charge >= 0.3 is 5.97 Å². The van der Waals surface area contributed by atoms with Crippen molar-refractivity contribution in [3.8, 4) is 11.5 Å². The number of hydrogen-bond donors (Lipinski definition) is 1. The maximum Gasteiger partial charge on any atom is 0.327 e. The molecule has 0 bridgehead atoms. The lowest BCUT2D eigenvalue weighted by atomic mass is 9.96. The summed E-state index contributed by atoms with van der Waals surface area (Å²) in [5.74, 6) is 0.855. The molecule has 1 atom stereocenters. The zero-order chi connectivity index (χ0) is 13.7.